The lowest BCUT2D eigenvalue weighted by Crippen LogP contribution is -2.55. The fraction of sp³-hybridized carbons (Fsp3) is 0.605. The number of likely N-dealkylation sites (N-methyl/N-ethyl adjacent to an activating group) is 1. The summed E-state index contributed by atoms with van der Waals surface area (Å²) >= 11 is 0. The van der Waals surface area contributed by atoms with Crippen molar-refractivity contribution >= 4 is 17.9 Å². The fourth-order valence-corrected chi connectivity index (χ4v) is 4.80. The molecule has 0 aromatic carbocycles. The Morgan fingerprint density at radius 3 is 1.75 bits per heavy atom. The summed E-state index contributed by atoms with van der Waals surface area (Å²) in [6.45, 7) is 4.34. The lowest BCUT2D eigenvalue weighted by Gasteiger charge is -2.34. The minimum atomic E-state index is -1.15. The van der Waals surface area contributed by atoms with Crippen molar-refractivity contribution in [3.63, 3.8) is 0 Å². The highest BCUT2D eigenvalue weighted by molar-refractivity contribution is 5.70. The zero-order valence-electron chi connectivity index (χ0n) is 32.5. The lowest BCUT2D eigenvalue weighted by molar-refractivity contribution is -0.889. The van der Waals surface area contributed by atoms with Gasteiger partial charge in [-0.3, -0.25) is 9.59 Å². The molecule has 8 nitrogen and oxygen atoms in total. The average Bonchev–Trinajstić information content (AvgIpc) is 3.08. The third kappa shape index (κ3) is 32.2. The molecule has 0 aromatic heterocycles. The molecule has 0 rings (SSSR count). The van der Waals surface area contributed by atoms with E-state index in [1.807, 2.05) is 12.2 Å². The zero-order chi connectivity index (χ0) is 37.8. The van der Waals surface area contributed by atoms with Gasteiger partial charge in [-0.05, 0) is 64.2 Å². The molecule has 0 heterocycles. The van der Waals surface area contributed by atoms with E-state index in [2.05, 4.69) is 86.8 Å². The van der Waals surface area contributed by atoms with Crippen molar-refractivity contribution in [1.29, 1.82) is 0 Å². The number of rotatable bonds is 32. The number of esters is 2. The van der Waals surface area contributed by atoms with E-state index in [4.69, 9.17) is 14.2 Å². The second-order valence-corrected chi connectivity index (χ2v) is 13.5. The number of carbonyl (C=O) groups excluding carboxylic acids is 3. The van der Waals surface area contributed by atoms with Crippen LogP contribution in [-0.2, 0) is 28.6 Å². The minimum absolute atomic E-state index is 0.00315. The van der Waals surface area contributed by atoms with Crippen LogP contribution in [0, 0.1) is 0 Å². The predicted octanol–water partition coefficient (Wildman–Crippen LogP) is 8.46. The summed E-state index contributed by atoms with van der Waals surface area (Å²) in [5.41, 5.74) is 0. The summed E-state index contributed by atoms with van der Waals surface area (Å²) in [6, 6.07) is -0.745. The number of carboxylic acids is 1. The van der Waals surface area contributed by atoms with Crippen molar-refractivity contribution in [3.05, 3.63) is 85.1 Å². The number of carbonyl (C=O) groups is 3. The van der Waals surface area contributed by atoms with Crippen LogP contribution in [-0.4, -0.2) is 75.5 Å². The minimum Gasteiger partial charge on any atom is -0.544 e. The quantitative estimate of drug-likeness (QED) is 0.0227. The van der Waals surface area contributed by atoms with E-state index in [1.165, 1.54) is 12.8 Å². The SMILES string of the molecule is CC/C=C/C/C=C/C/C=C/C/C=C/C/C=C/CCC(=O)OC(COCCC(C(=O)[O-])[N+](C)(C)C)COC(=O)CCCCC/C=C/C=C/CCCC. The first-order valence-corrected chi connectivity index (χ1v) is 19.1. The molecule has 0 saturated carbocycles. The molecule has 0 fully saturated rings. The Hall–Kier alpha value is -3.49. The number of quaternary nitrogens is 1. The number of ether oxygens (including phenoxy) is 3. The molecule has 0 saturated heterocycles. The number of hydrogen-bond acceptors (Lipinski definition) is 7. The molecule has 0 bridgehead atoms. The fourth-order valence-electron chi connectivity index (χ4n) is 4.80. The molecule has 0 spiro atoms. The molecule has 2 unspecified atom stereocenters. The third-order valence-electron chi connectivity index (χ3n) is 7.81. The smallest absolute Gasteiger partial charge is 0.306 e. The predicted molar refractivity (Wildman–Crippen MR) is 208 cm³/mol. The van der Waals surface area contributed by atoms with Gasteiger partial charge in [-0.1, -0.05) is 118 Å². The van der Waals surface area contributed by atoms with Gasteiger partial charge in [0.2, 0.25) is 0 Å². The van der Waals surface area contributed by atoms with Gasteiger partial charge in [0, 0.05) is 19.3 Å². The average molecular weight is 712 g/mol. The lowest BCUT2D eigenvalue weighted by atomic mass is 10.1. The first-order valence-electron chi connectivity index (χ1n) is 19.1. The summed E-state index contributed by atoms with van der Waals surface area (Å²) < 4.78 is 16.9. The van der Waals surface area contributed by atoms with E-state index < -0.39 is 24.1 Å². The maximum atomic E-state index is 12.6. The normalized spacial score (nSPS) is 14.0. The second-order valence-electron chi connectivity index (χ2n) is 13.5. The van der Waals surface area contributed by atoms with Crippen LogP contribution < -0.4 is 5.11 Å². The van der Waals surface area contributed by atoms with Crippen molar-refractivity contribution in [1.82, 2.24) is 0 Å². The summed E-state index contributed by atoms with van der Waals surface area (Å²) in [7, 11) is 5.35. The van der Waals surface area contributed by atoms with Gasteiger partial charge >= 0.3 is 11.9 Å². The van der Waals surface area contributed by atoms with Crippen LogP contribution in [0.3, 0.4) is 0 Å². The first kappa shape index (κ1) is 47.5. The molecule has 0 amide bonds. The van der Waals surface area contributed by atoms with Gasteiger partial charge in [0.1, 0.15) is 12.6 Å². The molecule has 0 aliphatic rings. The molecule has 0 aromatic rings. The Morgan fingerprint density at radius 1 is 0.627 bits per heavy atom. The molecular formula is C43H69NO7. The highest BCUT2D eigenvalue weighted by Gasteiger charge is 2.25. The van der Waals surface area contributed by atoms with Gasteiger partial charge in [0.05, 0.1) is 40.3 Å². The van der Waals surface area contributed by atoms with E-state index in [0.717, 1.165) is 64.2 Å². The van der Waals surface area contributed by atoms with E-state index in [0.29, 0.717) is 12.8 Å². The van der Waals surface area contributed by atoms with Crippen molar-refractivity contribution in [3.8, 4) is 0 Å². The molecule has 0 N–H and O–H groups in total. The summed E-state index contributed by atoms with van der Waals surface area (Å²) in [5.74, 6) is -1.90. The molecule has 2 atom stereocenters. The van der Waals surface area contributed by atoms with E-state index in [1.54, 1.807) is 21.1 Å². The number of nitrogens with zero attached hydrogens (tertiary/aromatic N) is 1. The first-order chi connectivity index (χ1) is 24.6. The monoisotopic (exact) mass is 712 g/mol. The van der Waals surface area contributed by atoms with Gasteiger partial charge in [0.15, 0.2) is 6.10 Å². The van der Waals surface area contributed by atoms with Gasteiger partial charge < -0.3 is 28.6 Å². The summed E-state index contributed by atoms with van der Waals surface area (Å²) in [6.07, 6.45) is 42.0. The Morgan fingerprint density at radius 2 is 1.20 bits per heavy atom. The standard InChI is InChI=1S/C43H69NO7/c1-6-8-10-12-14-16-18-19-20-21-22-24-26-28-30-32-34-42(46)51-39(37-49-36-35-40(43(47)48)44(3,4)5)38-50-41(45)33-31-29-27-25-23-17-15-13-11-9-7-2/h8,10,13-17,19-20,22-24,28,30,39-40H,6-7,9,11-12,18,21,25-27,29,31-38H2,1-5H3/b10-8+,15-13+,16-14+,20-19+,23-17+,24-22+,30-28+. The molecular weight excluding hydrogens is 642 g/mol. The van der Waals surface area contributed by atoms with Crippen molar-refractivity contribution in [2.24, 2.45) is 0 Å². The van der Waals surface area contributed by atoms with E-state index >= 15 is 0 Å². The van der Waals surface area contributed by atoms with Gasteiger partial charge in [-0.2, -0.15) is 0 Å². The van der Waals surface area contributed by atoms with Crippen LogP contribution in [0.1, 0.15) is 117 Å². The number of aliphatic carboxylic acids is 1. The zero-order valence-corrected chi connectivity index (χ0v) is 32.5. The summed E-state index contributed by atoms with van der Waals surface area (Å²) in [4.78, 5) is 36.6. The van der Waals surface area contributed by atoms with Crippen molar-refractivity contribution in [2.75, 3.05) is 41.0 Å². The second kappa shape index (κ2) is 33.6. The van der Waals surface area contributed by atoms with E-state index in [-0.39, 0.29) is 43.1 Å². The summed E-state index contributed by atoms with van der Waals surface area (Å²) in [5, 5.41) is 11.6. The van der Waals surface area contributed by atoms with Crippen LogP contribution >= 0.6 is 0 Å². The number of carboxylic acid groups (broad SMARTS) is 1. The number of hydrogen-bond donors (Lipinski definition) is 0. The molecule has 0 aliphatic carbocycles. The maximum absolute atomic E-state index is 12.6. The van der Waals surface area contributed by atoms with E-state index in [9.17, 15) is 19.5 Å². The van der Waals surface area contributed by atoms with Crippen molar-refractivity contribution in [2.45, 2.75) is 129 Å². The van der Waals surface area contributed by atoms with Crippen LogP contribution in [0.5, 0.6) is 0 Å². The number of unbranched alkanes of at least 4 members (excludes halogenated alkanes) is 5. The third-order valence-corrected chi connectivity index (χ3v) is 7.81. The Balaban J connectivity index is 4.62. The topological polar surface area (TPSA) is 102 Å². The van der Waals surface area contributed by atoms with Crippen LogP contribution in [0.4, 0.5) is 0 Å². The number of allylic oxidation sites excluding steroid dienone is 14. The Labute approximate surface area is 310 Å². The van der Waals surface area contributed by atoms with Crippen LogP contribution in [0.2, 0.25) is 0 Å². The van der Waals surface area contributed by atoms with Gasteiger partial charge in [0.25, 0.3) is 0 Å². The Bertz CT molecular complexity index is 1110. The molecule has 0 aliphatic heterocycles. The highest BCUT2D eigenvalue weighted by Crippen LogP contribution is 2.10. The largest absolute Gasteiger partial charge is 0.544 e. The highest BCUT2D eigenvalue weighted by atomic mass is 16.6. The van der Waals surface area contributed by atoms with Crippen LogP contribution in [0.15, 0.2) is 85.1 Å². The maximum Gasteiger partial charge on any atom is 0.306 e. The molecule has 8 heteroatoms. The van der Waals surface area contributed by atoms with Crippen molar-refractivity contribution < 1.29 is 38.2 Å². The van der Waals surface area contributed by atoms with Crippen LogP contribution in [0.25, 0.3) is 0 Å². The molecule has 51 heavy (non-hydrogen) atoms. The molecule has 0 radical (unpaired) electrons. The van der Waals surface area contributed by atoms with Gasteiger partial charge in [-0.25, -0.2) is 0 Å². The molecule has 288 valence electrons. The Kier molecular flexibility index (Phi) is 31.3. The van der Waals surface area contributed by atoms with Gasteiger partial charge in [-0.15, -0.1) is 0 Å².